The maximum atomic E-state index is 11.8. The van der Waals surface area contributed by atoms with Crippen molar-refractivity contribution in [1.29, 1.82) is 0 Å². The van der Waals surface area contributed by atoms with E-state index < -0.39 is 0 Å². The second-order valence-electron chi connectivity index (χ2n) is 5.27. The topological polar surface area (TPSA) is 26.3 Å². The van der Waals surface area contributed by atoms with Crippen LogP contribution in [0.2, 0.25) is 0 Å². The Labute approximate surface area is 132 Å². The molecular weight excluding hydrogens is 272 g/mol. The molecule has 114 valence electrons. The van der Waals surface area contributed by atoms with Crippen molar-refractivity contribution in [3.63, 3.8) is 0 Å². The fourth-order valence-corrected chi connectivity index (χ4v) is 2.26. The molecule has 0 unspecified atom stereocenters. The van der Waals surface area contributed by atoms with E-state index in [1.54, 1.807) is 13.2 Å². The Morgan fingerprint density at radius 3 is 2.41 bits per heavy atom. The Bertz CT molecular complexity index is 597. The van der Waals surface area contributed by atoms with Crippen LogP contribution in [0.15, 0.2) is 60.7 Å². The third-order valence-corrected chi connectivity index (χ3v) is 3.56. The molecular formula is C20H22O2. The number of unbranched alkanes of at least 4 members (excludes halogenated alkanes) is 1. The van der Waals surface area contributed by atoms with Crippen LogP contribution < -0.4 is 4.74 Å². The normalized spacial score (nSPS) is 10.8. The number of hydrogen-bond donors (Lipinski definition) is 0. The Hall–Kier alpha value is -2.35. The van der Waals surface area contributed by atoms with Gasteiger partial charge in [-0.15, -0.1) is 0 Å². The monoisotopic (exact) mass is 294 g/mol. The van der Waals surface area contributed by atoms with Gasteiger partial charge in [-0.1, -0.05) is 48.5 Å². The minimum absolute atomic E-state index is 0.184. The molecule has 2 heteroatoms. The number of carbonyl (C=O) groups is 1. The van der Waals surface area contributed by atoms with Crippen molar-refractivity contribution in [3.8, 4) is 5.75 Å². The van der Waals surface area contributed by atoms with Crippen molar-refractivity contribution in [3.05, 3.63) is 71.8 Å². The molecule has 0 aliphatic heterocycles. The van der Waals surface area contributed by atoms with Gasteiger partial charge in [-0.3, -0.25) is 4.79 Å². The molecule has 0 spiro atoms. The van der Waals surface area contributed by atoms with Gasteiger partial charge in [0.1, 0.15) is 5.75 Å². The van der Waals surface area contributed by atoms with Crippen LogP contribution in [0.25, 0.3) is 6.08 Å². The molecule has 0 atom stereocenters. The lowest BCUT2D eigenvalue weighted by Crippen LogP contribution is -1.93. The summed E-state index contributed by atoms with van der Waals surface area (Å²) in [5, 5.41) is 0. The Balaban J connectivity index is 1.69. The standard InChI is InChI=1S/C20H22O2/c1-22-20-15-12-18(13-16-20)11-14-19(21)10-6-5-9-17-7-3-2-4-8-17/h2-4,7-8,11-16H,5-6,9-10H2,1H3/b14-11+. The first-order valence-electron chi connectivity index (χ1n) is 7.67. The van der Waals surface area contributed by atoms with Crippen LogP contribution in [0.3, 0.4) is 0 Å². The van der Waals surface area contributed by atoms with Crippen LogP contribution in [-0.2, 0) is 11.2 Å². The highest BCUT2D eigenvalue weighted by molar-refractivity contribution is 5.93. The summed E-state index contributed by atoms with van der Waals surface area (Å²) >= 11 is 0. The average Bonchev–Trinajstić information content (AvgIpc) is 2.58. The Kier molecular flexibility index (Phi) is 6.43. The van der Waals surface area contributed by atoms with Crippen LogP contribution in [0.1, 0.15) is 30.4 Å². The predicted molar refractivity (Wildman–Crippen MR) is 91.0 cm³/mol. The van der Waals surface area contributed by atoms with Crippen LogP contribution >= 0.6 is 0 Å². The summed E-state index contributed by atoms with van der Waals surface area (Å²) in [6.07, 6.45) is 7.16. The molecule has 0 saturated heterocycles. The first-order chi connectivity index (χ1) is 10.8. The van der Waals surface area contributed by atoms with E-state index in [0.29, 0.717) is 6.42 Å². The van der Waals surface area contributed by atoms with Gasteiger partial charge >= 0.3 is 0 Å². The summed E-state index contributed by atoms with van der Waals surface area (Å²) in [6.45, 7) is 0. The molecule has 2 rings (SSSR count). The van der Waals surface area contributed by atoms with E-state index >= 15 is 0 Å². The number of ketones is 1. The average molecular weight is 294 g/mol. The number of rotatable bonds is 8. The molecule has 2 aromatic rings. The second-order valence-corrected chi connectivity index (χ2v) is 5.27. The highest BCUT2D eigenvalue weighted by Crippen LogP contribution is 2.13. The molecule has 0 aliphatic carbocycles. The molecule has 0 N–H and O–H groups in total. The van der Waals surface area contributed by atoms with E-state index in [1.807, 2.05) is 36.4 Å². The number of hydrogen-bond acceptors (Lipinski definition) is 2. The molecule has 2 aromatic carbocycles. The first kappa shape index (κ1) is 16.0. The van der Waals surface area contributed by atoms with Gasteiger partial charge in [0.2, 0.25) is 0 Å². The predicted octanol–water partition coefficient (Wildman–Crippen LogP) is 4.69. The van der Waals surface area contributed by atoms with E-state index in [-0.39, 0.29) is 5.78 Å². The minimum atomic E-state index is 0.184. The maximum absolute atomic E-state index is 11.8. The summed E-state index contributed by atoms with van der Waals surface area (Å²) in [6, 6.07) is 18.1. The van der Waals surface area contributed by atoms with Gasteiger partial charge in [0.15, 0.2) is 5.78 Å². The Morgan fingerprint density at radius 2 is 1.73 bits per heavy atom. The number of aryl methyl sites for hydroxylation is 1. The van der Waals surface area contributed by atoms with Gasteiger partial charge < -0.3 is 4.74 Å². The molecule has 0 fully saturated rings. The number of ether oxygens (including phenoxy) is 1. The van der Waals surface area contributed by atoms with Crippen LogP contribution in [-0.4, -0.2) is 12.9 Å². The van der Waals surface area contributed by atoms with E-state index in [2.05, 4.69) is 24.3 Å². The van der Waals surface area contributed by atoms with E-state index in [1.165, 1.54) is 5.56 Å². The first-order valence-corrected chi connectivity index (χ1v) is 7.67. The van der Waals surface area contributed by atoms with Crippen molar-refractivity contribution >= 4 is 11.9 Å². The fraction of sp³-hybridized carbons (Fsp3) is 0.250. The largest absolute Gasteiger partial charge is 0.497 e. The molecule has 0 heterocycles. The maximum Gasteiger partial charge on any atom is 0.155 e. The zero-order valence-electron chi connectivity index (χ0n) is 13.0. The van der Waals surface area contributed by atoms with Gasteiger partial charge in [-0.25, -0.2) is 0 Å². The third kappa shape index (κ3) is 5.57. The Morgan fingerprint density at radius 1 is 1.00 bits per heavy atom. The zero-order valence-corrected chi connectivity index (χ0v) is 13.0. The summed E-state index contributed by atoms with van der Waals surface area (Å²) < 4.78 is 5.11. The number of benzene rings is 2. The van der Waals surface area contributed by atoms with Gasteiger partial charge in [0.25, 0.3) is 0 Å². The summed E-state index contributed by atoms with van der Waals surface area (Å²) in [4.78, 5) is 11.8. The molecule has 0 aliphatic rings. The highest BCUT2D eigenvalue weighted by Gasteiger charge is 1.98. The zero-order chi connectivity index (χ0) is 15.6. The van der Waals surface area contributed by atoms with Crippen molar-refractivity contribution in [2.24, 2.45) is 0 Å². The second kappa shape index (κ2) is 8.83. The summed E-state index contributed by atoms with van der Waals surface area (Å²) in [5.74, 6) is 1.01. The van der Waals surface area contributed by atoms with Crippen molar-refractivity contribution in [2.45, 2.75) is 25.7 Å². The number of allylic oxidation sites excluding steroid dienone is 1. The number of methoxy groups -OCH3 is 1. The lowest BCUT2D eigenvalue weighted by molar-refractivity contribution is -0.114. The fourth-order valence-electron chi connectivity index (χ4n) is 2.26. The van der Waals surface area contributed by atoms with Gasteiger partial charge in [0.05, 0.1) is 7.11 Å². The van der Waals surface area contributed by atoms with Gasteiger partial charge in [-0.05, 0) is 48.6 Å². The molecule has 0 bridgehead atoms. The van der Waals surface area contributed by atoms with Crippen molar-refractivity contribution in [1.82, 2.24) is 0 Å². The quantitative estimate of drug-likeness (QED) is 0.521. The van der Waals surface area contributed by atoms with Crippen LogP contribution in [0.4, 0.5) is 0 Å². The molecule has 0 radical (unpaired) electrons. The van der Waals surface area contributed by atoms with E-state index in [0.717, 1.165) is 30.6 Å². The minimum Gasteiger partial charge on any atom is -0.497 e. The highest BCUT2D eigenvalue weighted by atomic mass is 16.5. The molecule has 22 heavy (non-hydrogen) atoms. The van der Waals surface area contributed by atoms with Crippen molar-refractivity contribution < 1.29 is 9.53 Å². The smallest absolute Gasteiger partial charge is 0.155 e. The van der Waals surface area contributed by atoms with Crippen LogP contribution in [0, 0.1) is 0 Å². The molecule has 0 amide bonds. The van der Waals surface area contributed by atoms with Gasteiger partial charge in [0, 0.05) is 6.42 Å². The SMILES string of the molecule is COc1ccc(/C=C/C(=O)CCCCc2ccccc2)cc1. The lowest BCUT2D eigenvalue weighted by atomic mass is 10.1. The summed E-state index contributed by atoms with van der Waals surface area (Å²) in [7, 11) is 1.64. The third-order valence-electron chi connectivity index (χ3n) is 3.56. The number of carbonyl (C=O) groups excluding carboxylic acids is 1. The lowest BCUT2D eigenvalue weighted by Gasteiger charge is -2.00. The van der Waals surface area contributed by atoms with Crippen molar-refractivity contribution in [2.75, 3.05) is 7.11 Å². The van der Waals surface area contributed by atoms with Gasteiger partial charge in [-0.2, -0.15) is 0 Å². The molecule has 0 aromatic heterocycles. The van der Waals surface area contributed by atoms with E-state index in [9.17, 15) is 4.79 Å². The van der Waals surface area contributed by atoms with E-state index in [4.69, 9.17) is 4.74 Å². The van der Waals surface area contributed by atoms with Crippen LogP contribution in [0.5, 0.6) is 5.75 Å². The molecule has 2 nitrogen and oxygen atoms in total. The summed E-state index contributed by atoms with van der Waals surface area (Å²) in [5.41, 5.74) is 2.35. The molecule has 0 saturated carbocycles.